The van der Waals surface area contributed by atoms with Gasteiger partial charge in [0.2, 0.25) is 0 Å². The third kappa shape index (κ3) is 5.87. The van der Waals surface area contributed by atoms with Crippen molar-refractivity contribution in [1.82, 2.24) is 4.98 Å². The molecule has 0 saturated carbocycles. The second-order valence-electron chi connectivity index (χ2n) is 7.83. The summed E-state index contributed by atoms with van der Waals surface area (Å²) in [6.45, 7) is 2.80. The minimum Gasteiger partial charge on any atom is -0.376 e. The smallest absolute Gasteiger partial charge is 0.144 e. The zero-order valence-electron chi connectivity index (χ0n) is 18.7. The van der Waals surface area contributed by atoms with Crippen LogP contribution in [-0.2, 0) is 4.74 Å². The number of halogens is 2. The quantitative estimate of drug-likeness (QED) is 0.253. The van der Waals surface area contributed by atoms with Gasteiger partial charge in [-0.1, -0.05) is 42.5 Å². The maximum absolute atomic E-state index is 13.9. The number of benzene rings is 2. The zero-order valence-corrected chi connectivity index (χ0v) is 20.3. The Balaban J connectivity index is 1.38. The van der Waals surface area contributed by atoms with Crippen LogP contribution in [0.4, 0.5) is 8.78 Å². The first kappa shape index (κ1) is 24.5. The molecule has 0 unspecified atom stereocenters. The summed E-state index contributed by atoms with van der Waals surface area (Å²) in [4.78, 5) is 4.38. The molecule has 2 heterocycles. The van der Waals surface area contributed by atoms with Crippen LogP contribution in [0.1, 0.15) is 29.1 Å². The SMILES string of the molecule is C/C=C\CCOC1CSC(c2ccc(-c3ccc(-c4cc(F)c(C#N)c(F)c4)nc3)cc2)SC1. The van der Waals surface area contributed by atoms with E-state index in [4.69, 9.17) is 10.00 Å². The standard InChI is InChI=1S/C27H24F2N2OS2/c1-2-3-4-11-32-22-16-33-27(34-17-22)19-7-5-18(6-8-19)20-9-10-26(31-15-20)21-12-24(28)23(14-30)25(29)13-21/h2-3,5-10,12-13,15,22,27H,4,11,16-17H2,1H3/b3-2-. The van der Waals surface area contributed by atoms with Gasteiger partial charge in [-0.05, 0) is 42.7 Å². The van der Waals surface area contributed by atoms with E-state index in [1.165, 1.54) is 11.6 Å². The summed E-state index contributed by atoms with van der Waals surface area (Å²) in [5, 5.41) is 8.83. The molecule has 34 heavy (non-hydrogen) atoms. The van der Waals surface area contributed by atoms with Gasteiger partial charge in [-0.15, -0.1) is 23.5 Å². The average Bonchev–Trinajstić information content (AvgIpc) is 2.87. The van der Waals surface area contributed by atoms with Gasteiger partial charge in [-0.3, -0.25) is 4.98 Å². The first-order valence-corrected chi connectivity index (χ1v) is 13.1. The Bertz CT molecular complexity index is 1160. The van der Waals surface area contributed by atoms with E-state index >= 15 is 0 Å². The summed E-state index contributed by atoms with van der Waals surface area (Å²) in [5.41, 5.74) is 3.38. The van der Waals surface area contributed by atoms with Crippen LogP contribution in [0, 0.1) is 23.0 Å². The van der Waals surface area contributed by atoms with E-state index in [2.05, 4.69) is 41.4 Å². The molecule has 0 N–H and O–H groups in total. The van der Waals surface area contributed by atoms with E-state index in [1.54, 1.807) is 12.3 Å². The summed E-state index contributed by atoms with van der Waals surface area (Å²) in [6.07, 6.45) is 7.14. The largest absolute Gasteiger partial charge is 0.376 e. The minimum atomic E-state index is -0.885. The van der Waals surface area contributed by atoms with Crippen molar-refractivity contribution in [3.8, 4) is 28.5 Å². The zero-order chi connectivity index (χ0) is 23.9. The Labute approximate surface area is 207 Å². The van der Waals surface area contributed by atoms with Crippen molar-refractivity contribution in [3.05, 3.63) is 89.6 Å². The molecule has 2 aromatic carbocycles. The van der Waals surface area contributed by atoms with Crippen LogP contribution >= 0.6 is 23.5 Å². The lowest BCUT2D eigenvalue weighted by Crippen LogP contribution is -2.24. The van der Waals surface area contributed by atoms with Crippen LogP contribution in [0.3, 0.4) is 0 Å². The first-order valence-electron chi connectivity index (χ1n) is 11.0. The normalized spacial score (nSPS) is 18.2. The third-order valence-electron chi connectivity index (χ3n) is 5.47. The molecule has 3 nitrogen and oxygen atoms in total. The Morgan fingerprint density at radius 1 is 1.03 bits per heavy atom. The maximum Gasteiger partial charge on any atom is 0.144 e. The van der Waals surface area contributed by atoms with Gasteiger partial charge in [0.05, 0.1) is 23.0 Å². The van der Waals surface area contributed by atoms with Gasteiger partial charge in [-0.25, -0.2) is 8.78 Å². The van der Waals surface area contributed by atoms with Crippen LogP contribution in [-0.4, -0.2) is 29.2 Å². The van der Waals surface area contributed by atoms with Crippen LogP contribution in [0.2, 0.25) is 0 Å². The molecule has 4 rings (SSSR count). The molecular formula is C27H24F2N2OS2. The highest BCUT2D eigenvalue weighted by Gasteiger charge is 2.23. The molecule has 0 radical (unpaired) electrons. The molecule has 0 bridgehead atoms. The molecule has 0 atom stereocenters. The van der Waals surface area contributed by atoms with Crippen molar-refractivity contribution in [1.29, 1.82) is 5.26 Å². The molecule has 3 aromatic rings. The van der Waals surface area contributed by atoms with Crippen molar-refractivity contribution in [3.63, 3.8) is 0 Å². The first-order chi connectivity index (χ1) is 16.6. The van der Waals surface area contributed by atoms with Crippen LogP contribution in [0.5, 0.6) is 0 Å². The molecule has 0 amide bonds. The van der Waals surface area contributed by atoms with Gasteiger partial charge in [0.15, 0.2) is 0 Å². The number of hydrogen-bond acceptors (Lipinski definition) is 5. The molecule has 1 aliphatic heterocycles. The van der Waals surface area contributed by atoms with Gasteiger partial charge in [0.25, 0.3) is 0 Å². The Morgan fingerprint density at radius 3 is 2.29 bits per heavy atom. The molecule has 1 aliphatic rings. The van der Waals surface area contributed by atoms with Crippen molar-refractivity contribution in [2.75, 3.05) is 18.1 Å². The summed E-state index contributed by atoms with van der Waals surface area (Å²) in [6, 6.07) is 15.9. The van der Waals surface area contributed by atoms with E-state index in [0.717, 1.165) is 47.8 Å². The van der Waals surface area contributed by atoms with Crippen molar-refractivity contribution in [2.45, 2.75) is 24.0 Å². The Morgan fingerprint density at radius 2 is 1.71 bits per heavy atom. The molecule has 1 saturated heterocycles. The van der Waals surface area contributed by atoms with Gasteiger partial charge in [0.1, 0.15) is 23.3 Å². The molecule has 174 valence electrons. The molecular weight excluding hydrogens is 470 g/mol. The molecule has 1 fully saturated rings. The monoisotopic (exact) mass is 494 g/mol. The lowest BCUT2D eigenvalue weighted by molar-refractivity contribution is 0.0883. The highest BCUT2D eigenvalue weighted by atomic mass is 32.2. The van der Waals surface area contributed by atoms with Gasteiger partial charge in [0, 0.05) is 28.8 Å². The summed E-state index contributed by atoms with van der Waals surface area (Å²) < 4.78 is 34.2. The number of thioether (sulfide) groups is 2. The summed E-state index contributed by atoms with van der Waals surface area (Å²) in [7, 11) is 0. The number of pyridine rings is 1. The summed E-state index contributed by atoms with van der Waals surface area (Å²) in [5.74, 6) is 0.224. The number of ether oxygens (including phenoxy) is 1. The average molecular weight is 495 g/mol. The molecule has 7 heteroatoms. The lowest BCUT2D eigenvalue weighted by Gasteiger charge is -2.28. The fourth-order valence-electron chi connectivity index (χ4n) is 3.64. The summed E-state index contributed by atoms with van der Waals surface area (Å²) >= 11 is 3.84. The number of nitriles is 1. The van der Waals surface area contributed by atoms with E-state index in [0.29, 0.717) is 21.9 Å². The fourth-order valence-corrected chi connectivity index (χ4v) is 6.55. The Hall–Kier alpha value is -2.66. The van der Waals surface area contributed by atoms with Gasteiger partial charge >= 0.3 is 0 Å². The van der Waals surface area contributed by atoms with Crippen LogP contribution in [0.25, 0.3) is 22.4 Å². The van der Waals surface area contributed by atoms with Crippen molar-refractivity contribution in [2.24, 2.45) is 0 Å². The second-order valence-corrected chi connectivity index (χ2v) is 10.4. The highest BCUT2D eigenvalue weighted by molar-refractivity contribution is 8.17. The molecule has 0 aliphatic carbocycles. The van der Waals surface area contributed by atoms with E-state index in [9.17, 15) is 8.78 Å². The minimum absolute atomic E-state index is 0.298. The lowest BCUT2D eigenvalue weighted by atomic mass is 10.0. The second kappa shape index (κ2) is 11.7. The molecule has 1 aromatic heterocycles. The Kier molecular flexibility index (Phi) is 8.39. The van der Waals surface area contributed by atoms with Crippen molar-refractivity contribution < 1.29 is 13.5 Å². The van der Waals surface area contributed by atoms with Gasteiger partial charge < -0.3 is 4.74 Å². The predicted octanol–water partition coefficient (Wildman–Crippen LogP) is 7.40. The highest BCUT2D eigenvalue weighted by Crippen LogP contribution is 2.44. The fraction of sp³-hybridized carbons (Fsp3) is 0.259. The van der Waals surface area contributed by atoms with Gasteiger partial charge in [-0.2, -0.15) is 5.26 Å². The van der Waals surface area contributed by atoms with E-state index in [-0.39, 0.29) is 0 Å². The van der Waals surface area contributed by atoms with Crippen molar-refractivity contribution >= 4 is 23.5 Å². The maximum atomic E-state index is 13.9. The van der Waals surface area contributed by atoms with E-state index in [1.807, 2.05) is 36.5 Å². The van der Waals surface area contributed by atoms with Crippen LogP contribution < -0.4 is 0 Å². The number of nitrogens with zero attached hydrogens (tertiary/aromatic N) is 2. The van der Waals surface area contributed by atoms with E-state index < -0.39 is 17.2 Å². The topological polar surface area (TPSA) is 45.9 Å². The van der Waals surface area contributed by atoms with Crippen LogP contribution in [0.15, 0.2) is 66.9 Å². The number of allylic oxidation sites excluding steroid dienone is 1. The third-order valence-corrected chi connectivity index (χ3v) is 8.56. The number of hydrogen-bond donors (Lipinski definition) is 0. The molecule has 0 spiro atoms. The predicted molar refractivity (Wildman–Crippen MR) is 137 cm³/mol. The number of rotatable bonds is 7. The number of aromatic nitrogens is 1.